The largest absolute Gasteiger partial charge is 0.494 e. The Bertz CT molecular complexity index is 508. The average Bonchev–Trinajstić information content (AvgIpc) is 2.92. The van der Waals surface area contributed by atoms with Gasteiger partial charge in [0.1, 0.15) is 5.75 Å². The van der Waals surface area contributed by atoms with Crippen molar-refractivity contribution < 1.29 is 4.74 Å². The molecule has 0 atom stereocenters. The molecule has 4 nitrogen and oxygen atoms in total. The maximum absolute atomic E-state index is 5.67. The van der Waals surface area contributed by atoms with Crippen LogP contribution in [-0.2, 0) is 13.1 Å². The van der Waals surface area contributed by atoms with Crippen molar-refractivity contribution in [1.82, 2.24) is 15.1 Å². The summed E-state index contributed by atoms with van der Waals surface area (Å²) in [6.45, 7) is 7.88. The van der Waals surface area contributed by atoms with Crippen molar-refractivity contribution in [2.45, 2.75) is 33.4 Å². The highest BCUT2D eigenvalue weighted by molar-refractivity contribution is 5.20. The number of hydrogen-bond donors (Lipinski definition) is 1. The monoisotopic (exact) mass is 287 g/mol. The fourth-order valence-corrected chi connectivity index (χ4v) is 2.04. The fourth-order valence-electron chi connectivity index (χ4n) is 2.04. The summed E-state index contributed by atoms with van der Waals surface area (Å²) in [5.41, 5.74) is 1.10. The molecule has 0 bridgehead atoms. The number of ether oxygens (including phenoxy) is 1. The lowest BCUT2D eigenvalue weighted by molar-refractivity contribution is 0.298. The lowest BCUT2D eigenvalue weighted by Crippen LogP contribution is -2.19. The molecule has 0 aliphatic rings. The van der Waals surface area contributed by atoms with Crippen molar-refractivity contribution >= 4 is 0 Å². The number of nitrogens with one attached hydrogen (secondary N) is 1. The molecule has 1 N–H and O–H groups in total. The summed E-state index contributed by atoms with van der Waals surface area (Å²) in [6, 6.07) is 12.0. The molecule has 0 saturated heterocycles. The van der Waals surface area contributed by atoms with Crippen LogP contribution in [0.4, 0.5) is 0 Å². The van der Waals surface area contributed by atoms with Crippen LogP contribution in [0.3, 0.4) is 0 Å². The Morgan fingerprint density at radius 3 is 2.76 bits per heavy atom. The van der Waals surface area contributed by atoms with Crippen LogP contribution >= 0.6 is 0 Å². The molecule has 0 aliphatic heterocycles. The van der Waals surface area contributed by atoms with Crippen LogP contribution in [0.1, 0.15) is 26.0 Å². The molecule has 0 unspecified atom stereocenters. The number of rotatable bonds is 9. The first-order valence-corrected chi connectivity index (χ1v) is 7.65. The van der Waals surface area contributed by atoms with Crippen molar-refractivity contribution in [3.8, 4) is 5.75 Å². The van der Waals surface area contributed by atoms with Crippen molar-refractivity contribution in [3.05, 3.63) is 48.3 Å². The minimum atomic E-state index is 0.669. The lowest BCUT2D eigenvalue weighted by atomic mass is 10.2. The molecule has 0 amide bonds. The molecule has 21 heavy (non-hydrogen) atoms. The van der Waals surface area contributed by atoms with E-state index >= 15 is 0 Å². The summed E-state index contributed by atoms with van der Waals surface area (Å²) < 4.78 is 7.66. The first-order valence-electron chi connectivity index (χ1n) is 7.65. The number of aryl methyl sites for hydroxylation is 1. The molecule has 0 fully saturated rings. The Balaban J connectivity index is 1.63. The summed E-state index contributed by atoms with van der Waals surface area (Å²) in [7, 11) is 0. The van der Waals surface area contributed by atoms with Gasteiger partial charge in [-0.3, -0.25) is 4.68 Å². The van der Waals surface area contributed by atoms with E-state index in [1.807, 2.05) is 41.2 Å². The maximum Gasteiger partial charge on any atom is 0.119 e. The first kappa shape index (κ1) is 15.6. The van der Waals surface area contributed by atoms with Crippen LogP contribution in [-0.4, -0.2) is 22.9 Å². The highest BCUT2D eigenvalue weighted by atomic mass is 16.5. The molecule has 0 aliphatic carbocycles. The summed E-state index contributed by atoms with van der Waals surface area (Å²) in [5.74, 6) is 1.60. The van der Waals surface area contributed by atoms with Crippen molar-refractivity contribution in [1.29, 1.82) is 0 Å². The Kier molecular flexibility index (Phi) is 6.28. The smallest absolute Gasteiger partial charge is 0.119 e. The fraction of sp³-hybridized carbons (Fsp3) is 0.471. The Morgan fingerprint density at radius 2 is 2.00 bits per heavy atom. The molecular weight excluding hydrogens is 262 g/mol. The third-order valence-electron chi connectivity index (χ3n) is 3.10. The zero-order valence-electron chi connectivity index (χ0n) is 13.0. The second kappa shape index (κ2) is 8.47. The van der Waals surface area contributed by atoms with E-state index in [0.717, 1.165) is 37.5 Å². The Labute approximate surface area is 127 Å². The summed E-state index contributed by atoms with van der Waals surface area (Å²) in [6.07, 6.45) is 2.99. The predicted octanol–water partition coefficient (Wildman–Crippen LogP) is 3.10. The van der Waals surface area contributed by atoms with Gasteiger partial charge in [-0.05, 0) is 30.7 Å². The third kappa shape index (κ3) is 6.00. The molecule has 0 spiro atoms. The summed E-state index contributed by atoms with van der Waals surface area (Å²) in [4.78, 5) is 0. The predicted molar refractivity (Wildman–Crippen MR) is 85.3 cm³/mol. The van der Waals surface area contributed by atoms with Gasteiger partial charge < -0.3 is 10.1 Å². The number of aromatic nitrogens is 2. The van der Waals surface area contributed by atoms with Gasteiger partial charge in [-0.2, -0.15) is 5.10 Å². The number of benzene rings is 1. The Hall–Kier alpha value is -1.81. The van der Waals surface area contributed by atoms with Crippen molar-refractivity contribution in [3.63, 3.8) is 0 Å². The second-order valence-electron chi connectivity index (χ2n) is 5.61. The molecule has 0 radical (unpaired) electrons. The normalized spacial score (nSPS) is 11.0. The summed E-state index contributed by atoms with van der Waals surface area (Å²) in [5, 5.41) is 7.95. The lowest BCUT2D eigenvalue weighted by Gasteiger charge is -2.06. The van der Waals surface area contributed by atoms with Crippen molar-refractivity contribution in [2.75, 3.05) is 13.2 Å². The van der Waals surface area contributed by atoms with E-state index in [2.05, 4.69) is 30.3 Å². The molecule has 1 aromatic carbocycles. The quantitative estimate of drug-likeness (QED) is 0.720. The molecule has 1 heterocycles. The molecule has 2 aromatic rings. The van der Waals surface area contributed by atoms with Crippen LogP contribution in [0.25, 0.3) is 0 Å². The average molecular weight is 287 g/mol. The van der Waals surface area contributed by atoms with Gasteiger partial charge in [0.05, 0.1) is 12.3 Å². The minimum absolute atomic E-state index is 0.669. The van der Waals surface area contributed by atoms with E-state index in [9.17, 15) is 0 Å². The zero-order chi connectivity index (χ0) is 14.9. The molecule has 2 rings (SSSR count). The molecule has 1 aromatic heterocycles. The molecule has 0 saturated carbocycles. The molecule has 4 heteroatoms. The first-order chi connectivity index (χ1) is 10.2. The van der Waals surface area contributed by atoms with E-state index in [1.165, 1.54) is 0 Å². The topological polar surface area (TPSA) is 39.1 Å². The van der Waals surface area contributed by atoms with Crippen LogP contribution < -0.4 is 10.1 Å². The van der Waals surface area contributed by atoms with Crippen LogP contribution in [0.5, 0.6) is 5.75 Å². The van der Waals surface area contributed by atoms with Crippen LogP contribution in [0.15, 0.2) is 42.6 Å². The maximum atomic E-state index is 5.67. The van der Waals surface area contributed by atoms with Gasteiger partial charge >= 0.3 is 0 Å². The standard InChI is InChI=1S/C17H25N3O/c1-15(2)13-18-14-16-9-11-20(19-16)10-6-12-21-17-7-4-3-5-8-17/h3-5,7-9,11,15,18H,6,10,12-14H2,1-2H3. The number of para-hydroxylation sites is 1. The SMILES string of the molecule is CC(C)CNCc1ccn(CCCOc2ccccc2)n1. The van der Waals surface area contributed by atoms with E-state index in [0.29, 0.717) is 12.5 Å². The van der Waals surface area contributed by atoms with E-state index in [-0.39, 0.29) is 0 Å². The van der Waals surface area contributed by atoms with Crippen LogP contribution in [0, 0.1) is 5.92 Å². The van der Waals surface area contributed by atoms with E-state index in [4.69, 9.17) is 4.74 Å². The van der Waals surface area contributed by atoms with E-state index < -0.39 is 0 Å². The minimum Gasteiger partial charge on any atom is -0.494 e. The van der Waals surface area contributed by atoms with Gasteiger partial charge in [0.2, 0.25) is 0 Å². The van der Waals surface area contributed by atoms with Gasteiger partial charge in [0.25, 0.3) is 0 Å². The second-order valence-corrected chi connectivity index (χ2v) is 5.61. The van der Waals surface area contributed by atoms with Gasteiger partial charge in [-0.15, -0.1) is 0 Å². The van der Waals surface area contributed by atoms with Gasteiger partial charge in [0.15, 0.2) is 0 Å². The highest BCUT2D eigenvalue weighted by Crippen LogP contribution is 2.08. The van der Waals surface area contributed by atoms with Crippen LogP contribution in [0.2, 0.25) is 0 Å². The number of hydrogen-bond acceptors (Lipinski definition) is 3. The Morgan fingerprint density at radius 1 is 1.19 bits per heavy atom. The van der Waals surface area contributed by atoms with Crippen molar-refractivity contribution in [2.24, 2.45) is 5.92 Å². The number of nitrogens with zero attached hydrogens (tertiary/aromatic N) is 2. The van der Waals surface area contributed by atoms with E-state index in [1.54, 1.807) is 0 Å². The van der Waals surface area contributed by atoms with Gasteiger partial charge in [-0.25, -0.2) is 0 Å². The molecule has 114 valence electrons. The summed E-state index contributed by atoms with van der Waals surface area (Å²) >= 11 is 0. The van der Waals surface area contributed by atoms with Gasteiger partial charge in [0, 0.05) is 25.7 Å². The third-order valence-corrected chi connectivity index (χ3v) is 3.10. The highest BCUT2D eigenvalue weighted by Gasteiger charge is 2.00. The zero-order valence-corrected chi connectivity index (χ0v) is 13.0. The molecular formula is C17H25N3O. The van der Waals surface area contributed by atoms with Gasteiger partial charge in [-0.1, -0.05) is 32.0 Å².